The zero-order valence-corrected chi connectivity index (χ0v) is 20.5. The lowest BCUT2D eigenvalue weighted by Gasteiger charge is -2.32. The molecular weight excluding hydrogens is 559 g/mol. The van der Waals surface area contributed by atoms with Gasteiger partial charge in [0.1, 0.15) is 5.82 Å². The first-order chi connectivity index (χ1) is 18.6. The fourth-order valence-electron chi connectivity index (χ4n) is 3.81. The number of halogens is 7. The maximum atomic E-state index is 13.1. The first kappa shape index (κ1) is 32.4. The quantitative estimate of drug-likeness (QED) is 0.457. The highest BCUT2D eigenvalue weighted by molar-refractivity contribution is 5.79. The molecule has 2 bridgehead atoms. The Labute approximate surface area is 222 Å². The summed E-state index contributed by atoms with van der Waals surface area (Å²) in [6, 6.07) is 10.4. The summed E-state index contributed by atoms with van der Waals surface area (Å²) in [5.41, 5.74) is 2.06. The van der Waals surface area contributed by atoms with Crippen molar-refractivity contribution in [3.05, 3.63) is 65.7 Å². The number of carboxylic acid groups (broad SMARTS) is 2. The number of nitrogens with one attached hydrogen (secondary N) is 1. The third kappa shape index (κ3) is 10.8. The van der Waals surface area contributed by atoms with Gasteiger partial charge in [-0.25, -0.2) is 14.0 Å². The second kappa shape index (κ2) is 14.0. The molecule has 1 amide bonds. The van der Waals surface area contributed by atoms with Gasteiger partial charge >= 0.3 is 24.3 Å². The molecule has 2 fully saturated rings. The van der Waals surface area contributed by atoms with E-state index in [4.69, 9.17) is 24.5 Å². The van der Waals surface area contributed by atoms with Crippen LogP contribution >= 0.6 is 0 Å². The van der Waals surface area contributed by atoms with Crippen molar-refractivity contribution in [3.8, 4) is 0 Å². The molecular formula is C24H24F7N3O6. The molecule has 16 heteroatoms. The number of fused-ring (bicyclic) bond motifs is 2. The highest BCUT2D eigenvalue weighted by Crippen LogP contribution is 2.32. The standard InChI is InChI=1S/C20H22FN3O2.2C2HF3O2/c21-16-5-3-14(4-6-16)11-24-12-17-8-18(19(13-24)26-17)20(25)23-10-15-2-1-7-22-9-15;2*3-2(4,5)1(6)7/h1-7,9,17-19H,8,10-13H2,(H,23,25);2*(H,6,7). The second-order valence-corrected chi connectivity index (χ2v) is 8.64. The molecule has 0 spiro atoms. The minimum atomic E-state index is -5.08. The topological polar surface area (TPSA) is 129 Å². The largest absolute Gasteiger partial charge is 0.490 e. The van der Waals surface area contributed by atoms with Crippen molar-refractivity contribution in [2.75, 3.05) is 13.1 Å². The van der Waals surface area contributed by atoms with Crippen LogP contribution in [0.1, 0.15) is 17.5 Å². The van der Waals surface area contributed by atoms with E-state index in [9.17, 15) is 35.5 Å². The molecule has 40 heavy (non-hydrogen) atoms. The third-order valence-electron chi connectivity index (χ3n) is 5.56. The SMILES string of the molecule is O=C(NCc1cccnc1)C1CC2CN(Cc3ccc(F)cc3)CC1O2.O=C(O)C(F)(F)F.O=C(O)C(F)(F)F. The molecule has 3 heterocycles. The van der Waals surface area contributed by atoms with Gasteiger partial charge in [-0.3, -0.25) is 14.7 Å². The molecule has 4 rings (SSSR count). The Morgan fingerprint density at radius 1 is 0.950 bits per heavy atom. The van der Waals surface area contributed by atoms with Crippen LogP contribution in [-0.4, -0.2) is 75.6 Å². The van der Waals surface area contributed by atoms with Crippen molar-refractivity contribution in [3.63, 3.8) is 0 Å². The van der Waals surface area contributed by atoms with E-state index in [1.165, 1.54) is 12.1 Å². The lowest BCUT2D eigenvalue weighted by Crippen LogP contribution is -2.44. The minimum absolute atomic E-state index is 0.0463. The van der Waals surface area contributed by atoms with Crippen LogP contribution in [0, 0.1) is 11.7 Å². The van der Waals surface area contributed by atoms with E-state index >= 15 is 0 Å². The zero-order chi connectivity index (χ0) is 30.1. The van der Waals surface area contributed by atoms with E-state index < -0.39 is 24.3 Å². The van der Waals surface area contributed by atoms with Crippen LogP contribution in [0.3, 0.4) is 0 Å². The van der Waals surface area contributed by atoms with Gasteiger partial charge < -0.3 is 20.3 Å². The van der Waals surface area contributed by atoms with E-state index in [1.54, 1.807) is 12.4 Å². The van der Waals surface area contributed by atoms with E-state index in [0.717, 1.165) is 37.2 Å². The van der Waals surface area contributed by atoms with Crippen molar-refractivity contribution in [2.45, 2.75) is 44.1 Å². The molecule has 9 nitrogen and oxygen atoms in total. The number of aromatic nitrogens is 1. The Morgan fingerprint density at radius 2 is 1.52 bits per heavy atom. The molecule has 1 aromatic heterocycles. The van der Waals surface area contributed by atoms with Crippen LogP contribution in [0.15, 0.2) is 48.8 Å². The van der Waals surface area contributed by atoms with Gasteiger partial charge in [-0.2, -0.15) is 26.3 Å². The number of hydrogen-bond donors (Lipinski definition) is 3. The van der Waals surface area contributed by atoms with Crippen molar-refractivity contribution in [1.82, 2.24) is 15.2 Å². The van der Waals surface area contributed by atoms with E-state index in [-0.39, 0.29) is 29.9 Å². The summed E-state index contributed by atoms with van der Waals surface area (Å²) < 4.78 is 82.5. The van der Waals surface area contributed by atoms with E-state index in [0.29, 0.717) is 6.54 Å². The summed E-state index contributed by atoms with van der Waals surface area (Å²) in [5.74, 6) is -5.80. The predicted octanol–water partition coefficient (Wildman–Crippen LogP) is 3.39. The van der Waals surface area contributed by atoms with Gasteiger partial charge in [0.15, 0.2) is 0 Å². The zero-order valence-electron chi connectivity index (χ0n) is 20.5. The number of hydrogen-bond acceptors (Lipinski definition) is 6. The fourth-order valence-corrected chi connectivity index (χ4v) is 3.81. The van der Waals surface area contributed by atoms with Crippen molar-refractivity contribution >= 4 is 17.8 Å². The first-order valence-corrected chi connectivity index (χ1v) is 11.4. The van der Waals surface area contributed by atoms with Gasteiger partial charge in [0.05, 0.1) is 18.1 Å². The Kier molecular flexibility index (Phi) is 11.4. The molecule has 3 unspecified atom stereocenters. The number of likely N-dealkylation sites (tertiary alicyclic amines) is 1. The van der Waals surface area contributed by atoms with Crippen LogP contribution in [0.2, 0.25) is 0 Å². The van der Waals surface area contributed by atoms with Gasteiger partial charge in [0.2, 0.25) is 5.91 Å². The average molecular weight is 583 g/mol. The lowest BCUT2D eigenvalue weighted by molar-refractivity contribution is -0.193. The van der Waals surface area contributed by atoms with Crippen molar-refractivity contribution < 1.29 is 60.1 Å². The van der Waals surface area contributed by atoms with Crippen LogP contribution < -0.4 is 5.32 Å². The maximum Gasteiger partial charge on any atom is 0.490 e. The Bertz CT molecular complexity index is 1110. The number of aliphatic carboxylic acids is 2. The monoisotopic (exact) mass is 583 g/mol. The summed E-state index contributed by atoms with van der Waals surface area (Å²) in [6.45, 7) is 2.76. The number of benzene rings is 1. The van der Waals surface area contributed by atoms with Crippen molar-refractivity contribution in [2.24, 2.45) is 5.92 Å². The number of rotatable bonds is 5. The maximum absolute atomic E-state index is 13.1. The second-order valence-electron chi connectivity index (χ2n) is 8.64. The van der Waals surface area contributed by atoms with Crippen molar-refractivity contribution in [1.29, 1.82) is 0 Å². The molecule has 2 saturated heterocycles. The normalized spacial score (nSPS) is 20.3. The number of alkyl halides is 6. The molecule has 3 atom stereocenters. The molecule has 2 aromatic rings. The number of amides is 1. The average Bonchev–Trinajstić information content (AvgIpc) is 3.18. The van der Waals surface area contributed by atoms with E-state index in [2.05, 4.69) is 15.2 Å². The molecule has 0 radical (unpaired) electrons. The Morgan fingerprint density at radius 3 is 2.02 bits per heavy atom. The van der Waals surface area contributed by atoms with Crippen LogP contribution in [0.5, 0.6) is 0 Å². The Hall–Kier alpha value is -3.79. The Balaban J connectivity index is 0.000000333. The number of carboxylic acids is 2. The highest BCUT2D eigenvalue weighted by Gasteiger charge is 2.44. The molecule has 220 valence electrons. The first-order valence-electron chi connectivity index (χ1n) is 11.4. The summed E-state index contributed by atoms with van der Waals surface area (Å²) in [7, 11) is 0. The van der Waals surface area contributed by atoms with Gasteiger partial charge in [-0.05, 0) is 35.7 Å². The smallest absolute Gasteiger partial charge is 0.475 e. The molecule has 1 aromatic carbocycles. The number of morpholine rings is 1. The molecule has 3 N–H and O–H groups in total. The summed E-state index contributed by atoms with van der Waals surface area (Å²) >= 11 is 0. The molecule has 2 aliphatic heterocycles. The van der Waals surface area contributed by atoms with Gasteiger partial charge in [-0.15, -0.1) is 0 Å². The minimum Gasteiger partial charge on any atom is -0.475 e. The summed E-state index contributed by atoms with van der Waals surface area (Å²) in [5, 5.41) is 17.3. The number of carbonyl (C=O) groups is 3. The molecule has 0 saturated carbocycles. The highest BCUT2D eigenvalue weighted by atomic mass is 19.4. The van der Waals surface area contributed by atoms with Gasteiger partial charge in [0, 0.05) is 38.6 Å². The van der Waals surface area contributed by atoms with Crippen LogP contribution in [-0.2, 0) is 32.2 Å². The summed E-state index contributed by atoms with van der Waals surface area (Å²) in [4.78, 5) is 36.7. The fraction of sp³-hybridized carbons (Fsp3) is 0.417. The number of carbonyl (C=O) groups excluding carboxylic acids is 1. The number of ether oxygens (including phenoxy) is 1. The summed E-state index contributed by atoms with van der Waals surface area (Å²) in [6.07, 6.45) is -5.93. The third-order valence-corrected chi connectivity index (χ3v) is 5.56. The predicted molar refractivity (Wildman–Crippen MR) is 122 cm³/mol. The van der Waals surface area contributed by atoms with Gasteiger partial charge in [0.25, 0.3) is 0 Å². The molecule has 0 aliphatic carbocycles. The van der Waals surface area contributed by atoms with Crippen LogP contribution in [0.4, 0.5) is 30.7 Å². The van der Waals surface area contributed by atoms with Gasteiger partial charge in [-0.1, -0.05) is 18.2 Å². The molecule has 2 aliphatic rings. The van der Waals surface area contributed by atoms with Crippen LogP contribution in [0.25, 0.3) is 0 Å². The van der Waals surface area contributed by atoms with E-state index in [1.807, 2.05) is 24.3 Å². The lowest BCUT2D eigenvalue weighted by atomic mass is 9.99. The number of nitrogens with zero attached hydrogens (tertiary/aromatic N) is 2. The number of pyridine rings is 1.